The lowest BCUT2D eigenvalue weighted by Gasteiger charge is -2.41. The van der Waals surface area contributed by atoms with E-state index in [1.165, 1.54) is 0 Å². The second-order valence-corrected chi connectivity index (χ2v) is 8.77. The normalized spacial score (nSPS) is 42.4. The second-order valence-electron chi connectivity index (χ2n) is 8.77. The number of hydrogen-bond acceptors (Lipinski definition) is 10. The SMILES string of the molecule is OC[C@H]1N[C@H](CCCCCCCC[C@H]2N[C@H](CO)[C@@H](O)[C@H](O)[C@@H]2O)[C@@H](O)[C@@H](O)[C@@H]1O. The smallest absolute Gasteiger partial charge is 0.109 e. The monoisotopic (exact) mass is 436 g/mol. The van der Waals surface area contributed by atoms with Gasteiger partial charge in [-0.3, -0.25) is 0 Å². The van der Waals surface area contributed by atoms with Crippen molar-refractivity contribution in [1.82, 2.24) is 10.6 Å². The van der Waals surface area contributed by atoms with Gasteiger partial charge in [0, 0.05) is 12.1 Å². The van der Waals surface area contributed by atoms with Crippen LogP contribution in [0.15, 0.2) is 0 Å². The first-order valence-electron chi connectivity index (χ1n) is 11.1. The van der Waals surface area contributed by atoms with Crippen molar-refractivity contribution in [2.24, 2.45) is 0 Å². The molecule has 2 saturated heterocycles. The standard InChI is InChI=1S/C20H40N2O8/c23-9-13-17(27)19(29)15(25)11(21-13)7-5-3-1-2-4-6-8-12-16(26)20(30)18(28)14(10-24)22-12/h11-30H,1-10H2/t11-,12-,13-,14-,15-,16-,17-,18-,19-,20-/m1/s1. The van der Waals surface area contributed by atoms with Crippen LogP contribution in [-0.4, -0.2) is 115 Å². The summed E-state index contributed by atoms with van der Waals surface area (Å²) in [5, 5.41) is 84.1. The van der Waals surface area contributed by atoms with Crippen LogP contribution in [0, 0.1) is 0 Å². The summed E-state index contributed by atoms with van der Waals surface area (Å²) in [7, 11) is 0. The van der Waals surface area contributed by atoms with Gasteiger partial charge >= 0.3 is 0 Å². The zero-order chi connectivity index (χ0) is 22.3. The van der Waals surface area contributed by atoms with Gasteiger partial charge in [0.05, 0.1) is 49.7 Å². The largest absolute Gasteiger partial charge is 0.395 e. The molecule has 0 bridgehead atoms. The number of rotatable bonds is 11. The van der Waals surface area contributed by atoms with Gasteiger partial charge in [-0.1, -0.05) is 38.5 Å². The quantitative estimate of drug-likeness (QED) is 0.149. The van der Waals surface area contributed by atoms with Crippen molar-refractivity contribution in [2.75, 3.05) is 13.2 Å². The van der Waals surface area contributed by atoms with Crippen molar-refractivity contribution in [2.45, 2.75) is 112 Å². The van der Waals surface area contributed by atoms with Gasteiger partial charge in [0.25, 0.3) is 0 Å². The van der Waals surface area contributed by atoms with Crippen LogP contribution in [0.5, 0.6) is 0 Å². The lowest BCUT2D eigenvalue weighted by atomic mass is 9.87. The Labute approximate surface area is 177 Å². The van der Waals surface area contributed by atoms with Gasteiger partial charge in [-0.05, 0) is 12.8 Å². The van der Waals surface area contributed by atoms with Crippen molar-refractivity contribution in [1.29, 1.82) is 0 Å². The average molecular weight is 437 g/mol. The van der Waals surface area contributed by atoms with Gasteiger partial charge in [0.1, 0.15) is 12.2 Å². The fourth-order valence-electron chi connectivity index (χ4n) is 4.57. The fraction of sp³-hybridized carbons (Fsp3) is 1.00. The highest BCUT2D eigenvalue weighted by atomic mass is 16.4. The van der Waals surface area contributed by atoms with Gasteiger partial charge in [-0.2, -0.15) is 0 Å². The molecule has 2 aliphatic rings. The lowest BCUT2D eigenvalue weighted by molar-refractivity contribution is -0.120. The zero-order valence-corrected chi connectivity index (χ0v) is 17.4. The molecule has 10 nitrogen and oxygen atoms in total. The highest BCUT2D eigenvalue weighted by molar-refractivity contribution is 4.98. The number of aliphatic hydroxyl groups excluding tert-OH is 8. The van der Waals surface area contributed by atoms with Crippen LogP contribution in [0.2, 0.25) is 0 Å². The Morgan fingerprint density at radius 2 is 0.700 bits per heavy atom. The molecule has 2 fully saturated rings. The molecule has 2 heterocycles. The van der Waals surface area contributed by atoms with Crippen molar-refractivity contribution in [3.8, 4) is 0 Å². The number of aliphatic hydroxyl groups is 8. The second kappa shape index (κ2) is 12.6. The van der Waals surface area contributed by atoms with E-state index in [2.05, 4.69) is 10.6 Å². The van der Waals surface area contributed by atoms with Gasteiger partial charge in [-0.15, -0.1) is 0 Å². The Morgan fingerprint density at radius 1 is 0.400 bits per heavy atom. The molecule has 0 spiro atoms. The number of piperidine rings is 2. The Bertz CT molecular complexity index is 442. The van der Waals surface area contributed by atoms with Crippen LogP contribution in [0.4, 0.5) is 0 Å². The summed E-state index contributed by atoms with van der Waals surface area (Å²) in [6, 6.07) is -1.99. The van der Waals surface area contributed by atoms with Crippen LogP contribution in [0.25, 0.3) is 0 Å². The molecule has 0 aromatic heterocycles. The molecule has 0 unspecified atom stereocenters. The van der Waals surface area contributed by atoms with Crippen LogP contribution in [0.1, 0.15) is 51.4 Å². The number of hydrogen-bond donors (Lipinski definition) is 10. The minimum Gasteiger partial charge on any atom is -0.395 e. The van der Waals surface area contributed by atoms with Crippen LogP contribution >= 0.6 is 0 Å². The minimum absolute atomic E-state index is 0.305. The zero-order valence-electron chi connectivity index (χ0n) is 17.4. The summed E-state index contributed by atoms with van der Waals surface area (Å²) < 4.78 is 0. The first kappa shape index (κ1) is 25.9. The third-order valence-electron chi connectivity index (χ3n) is 6.58. The number of unbranched alkanes of at least 4 members (excludes halogenated alkanes) is 5. The Hall–Kier alpha value is -0.400. The molecule has 2 rings (SSSR count). The van der Waals surface area contributed by atoms with Crippen molar-refractivity contribution >= 4 is 0 Å². The van der Waals surface area contributed by atoms with E-state index in [0.717, 1.165) is 38.5 Å². The maximum absolute atomic E-state index is 10.1. The van der Waals surface area contributed by atoms with E-state index >= 15 is 0 Å². The van der Waals surface area contributed by atoms with Crippen molar-refractivity contribution < 1.29 is 40.9 Å². The topological polar surface area (TPSA) is 186 Å². The summed E-state index contributed by atoms with van der Waals surface area (Å²) in [6.45, 7) is -0.609. The summed E-state index contributed by atoms with van der Waals surface area (Å²) in [5.74, 6) is 0. The van der Waals surface area contributed by atoms with Gasteiger partial charge in [0.2, 0.25) is 0 Å². The van der Waals surface area contributed by atoms with Gasteiger partial charge in [-0.25, -0.2) is 0 Å². The van der Waals surface area contributed by atoms with E-state index in [-0.39, 0.29) is 25.3 Å². The fourth-order valence-corrected chi connectivity index (χ4v) is 4.57. The highest BCUT2D eigenvalue weighted by Gasteiger charge is 2.42. The predicted molar refractivity (Wildman–Crippen MR) is 109 cm³/mol. The molecular weight excluding hydrogens is 396 g/mol. The summed E-state index contributed by atoms with van der Waals surface area (Å²) in [6.07, 6.45) is -0.133. The molecule has 2 aliphatic heterocycles. The van der Waals surface area contributed by atoms with E-state index in [1.807, 2.05) is 0 Å². The minimum atomic E-state index is -1.26. The van der Waals surface area contributed by atoms with Crippen LogP contribution in [-0.2, 0) is 0 Å². The van der Waals surface area contributed by atoms with Gasteiger partial charge < -0.3 is 51.5 Å². The summed E-state index contributed by atoms with van der Waals surface area (Å²) >= 11 is 0. The summed E-state index contributed by atoms with van der Waals surface area (Å²) in [5.41, 5.74) is 0. The molecule has 30 heavy (non-hydrogen) atoms. The molecule has 10 N–H and O–H groups in total. The molecule has 0 amide bonds. The third-order valence-corrected chi connectivity index (χ3v) is 6.58. The molecule has 178 valence electrons. The van der Waals surface area contributed by atoms with Crippen molar-refractivity contribution in [3.63, 3.8) is 0 Å². The average Bonchev–Trinajstić information content (AvgIpc) is 2.75. The maximum Gasteiger partial charge on any atom is 0.109 e. The Balaban J connectivity index is 1.57. The first-order chi connectivity index (χ1) is 14.3. The third kappa shape index (κ3) is 6.55. The Kier molecular flexibility index (Phi) is 10.9. The van der Waals surface area contributed by atoms with E-state index < -0.39 is 48.7 Å². The van der Waals surface area contributed by atoms with E-state index in [0.29, 0.717) is 12.8 Å². The van der Waals surface area contributed by atoms with Crippen molar-refractivity contribution in [3.05, 3.63) is 0 Å². The molecule has 0 saturated carbocycles. The van der Waals surface area contributed by atoms with Crippen LogP contribution in [0.3, 0.4) is 0 Å². The molecule has 0 aliphatic carbocycles. The highest BCUT2D eigenvalue weighted by Crippen LogP contribution is 2.22. The van der Waals surface area contributed by atoms with Crippen LogP contribution < -0.4 is 10.6 Å². The first-order valence-corrected chi connectivity index (χ1v) is 11.1. The molecule has 10 heteroatoms. The van der Waals surface area contributed by atoms with E-state index in [9.17, 15) is 40.9 Å². The maximum atomic E-state index is 10.1. The summed E-state index contributed by atoms with van der Waals surface area (Å²) in [4.78, 5) is 0. The molecular formula is C20H40N2O8. The van der Waals surface area contributed by atoms with Gasteiger partial charge in [0.15, 0.2) is 0 Å². The number of nitrogens with one attached hydrogen (secondary N) is 2. The molecule has 0 aromatic rings. The van der Waals surface area contributed by atoms with E-state index in [1.54, 1.807) is 0 Å². The molecule has 0 aromatic carbocycles. The Morgan fingerprint density at radius 3 is 1.03 bits per heavy atom. The van der Waals surface area contributed by atoms with E-state index in [4.69, 9.17) is 0 Å². The molecule has 0 radical (unpaired) electrons. The predicted octanol–water partition coefficient (Wildman–Crippen LogP) is -3.06. The lowest BCUT2D eigenvalue weighted by Crippen LogP contribution is -2.65. The molecule has 10 atom stereocenters.